The Hall–Kier alpha value is -2.04. The van der Waals surface area contributed by atoms with Crippen molar-refractivity contribution in [2.75, 3.05) is 12.3 Å². The van der Waals surface area contributed by atoms with Gasteiger partial charge in [0, 0.05) is 18.8 Å². The molecule has 5 heteroatoms. The number of rotatable bonds is 5. The summed E-state index contributed by atoms with van der Waals surface area (Å²) in [6.45, 7) is 2.78. The molecule has 1 aliphatic rings. The summed E-state index contributed by atoms with van der Waals surface area (Å²) >= 11 is 0. The van der Waals surface area contributed by atoms with E-state index in [1.165, 1.54) is 12.8 Å². The van der Waals surface area contributed by atoms with Crippen LogP contribution in [0.25, 0.3) is 5.82 Å². The molecule has 0 saturated heterocycles. The molecule has 1 fully saturated rings. The van der Waals surface area contributed by atoms with Crippen molar-refractivity contribution in [1.82, 2.24) is 14.5 Å². The van der Waals surface area contributed by atoms with Crippen molar-refractivity contribution in [3.63, 3.8) is 0 Å². The molecule has 0 spiro atoms. The minimum absolute atomic E-state index is 0.528. The van der Waals surface area contributed by atoms with Gasteiger partial charge in [-0.25, -0.2) is 4.98 Å². The summed E-state index contributed by atoms with van der Waals surface area (Å²) in [5.74, 6) is 2.99. The number of hydrogen-bond donors (Lipinski definition) is 1. The number of nitrogens with two attached hydrogens (primary N) is 1. The van der Waals surface area contributed by atoms with Gasteiger partial charge in [-0.15, -0.1) is 0 Å². The number of ether oxygens (including phenoxy) is 1. The molecule has 0 radical (unpaired) electrons. The molecule has 0 amide bonds. The van der Waals surface area contributed by atoms with Crippen molar-refractivity contribution in [2.45, 2.75) is 26.2 Å². The molecule has 0 atom stereocenters. The third kappa shape index (κ3) is 2.54. The standard InChI is InChI=1S/C14H18N4O/c1-2-12-16-7-8-18(12)13-6-5-11(15)14(17-13)19-9-10-3-4-10/h5-8,10H,2-4,9,15H2,1H3. The minimum atomic E-state index is 0.528. The monoisotopic (exact) mass is 258 g/mol. The second kappa shape index (κ2) is 4.91. The van der Waals surface area contributed by atoms with Crippen LogP contribution < -0.4 is 10.5 Å². The maximum atomic E-state index is 5.91. The van der Waals surface area contributed by atoms with Gasteiger partial charge in [0.25, 0.3) is 0 Å². The molecule has 19 heavy (non-hydrogen) atoms. The van der Waals surface area contributed by atoms with Crippen molar-refractivity contribution in [3.05, 3.63) is 30.4 Å². The van der Waals surface area contributed by atoms with Crippen LogP contribution in [0.1, 0.15) is 25.6 Å². The quantitative estimate of drug-likeness (QED) is 0.892. The summed E-state index contributed by atoms with van der Waals surface area (Å²) in [6, 6.07) is 3.73. The molecule has 2 heterocycles. The van der Waals surface area contributed by atoms with E-state index < -0.39 is 0 Å². The highest BCUT2D eigenvalue weighted by molar-refractivity contribution is 5.50. The van der Waals surface area contributed by atoms with Crippen molar-refractivity contribution < 1.29 is 4.74 Å². The van der Waals surface area contributed by atoms with Crippen LogP contribution in [0.3, 0.4) is 0 Å². The molecule has 1 saturated carbocycles. The van der Waals surface area contributed by atoms with Gasteiger partial charge in [-0.2, -0.15) is 4.98 Å². The topological polar surface area (TPSA) is 66.0 Å². The number of nitrogens with zero attached hydrogens (tertiary/aromatic N) is 3. The number of aryl methyl sites for hydroxylation is 1. The predicted molar refractivity (Wildman–Crippen MR) is 73.4 cm³/mol. The van der Waals surface area contributed by atoms with Gasteiger partial charge >= 0.3 is 0 Å². The Morgan fingerprint density at radius 1 is 1.42 bits per heavy atom. The summed E-state index contributed by atoms with van der Waals surface area (Å²) in [6.07, 6.45) is 7.04. The van der Waals surface area contributed by atoms with Crippen LogP contribution in [0.5, 0.6) is 5.88 Å². The zero-order valence-electron chi connectivity index (χ0n) is 11.0. The normalized spacial score (nSPS) is 14.6. The molecule has 0 aliphatic heterocycles. The molecule has 3 rings (SSSR count). The molecular weight excluding hydrogens is 240 g/mol. The van der Waals surface area contributed by atoms with E-state index in [0.717, 1.165) is 18.1 Å². The molecule has 0 bridgehead atoms. The first-order valence-corrected chi connectivity index (χ1v) is 6.70. The highest BCUT2D eigenvalue weighted by atomic mass is 16.5. The highest BCUT2D eigenvalue weighted by Crippen LogP contribution is 2.30. The van der Waals surface area contributed by atoms with Crippen LogP contribution in [-0.4, -0.2) is 21.1 Å². The van der Waals surface area contributed by atoms with Gasteiger partial charge in [0.2, 0.25) is 5.88 Å². The molecule has 2 aromatic heterocycles. The van der Waals surface area contributed by atoms with E-state index >= 15 is 0 Å². The van der Waals surface area contributed by atoms with Gasteiger partial charge in [-0.1, -0.05) is 6.92 Å². The highest BCUT2D eigenvalue weighted by Gasteiger charge is 2.22. The largest absolute Gasteiger partial charge is 0.476 e. The van der Waals surface area contributed by atoms with Gasteiger partial charge in [0.1, 0.15) is 11.6 Å². The Morgan fingerprint density at radius 2 is 2.26 bits per heavy atom. The third-order valence-electron chi connectivity index (χ3n) is 3.31. The number of aromatic nitrogens is 3. The molecule has 0 unspecified atom stereocenters. The average Bonchev–Trinajstić information content (AvgIpc) is 3.13. The lowest BCUT2D eigenvalue weighted by Crippen LogP contribution is -2.07. The lowest BCUT2D eigenvalue weighted by atomic mass is 10.3. The summed E-state index contributed by atoms with van der Waals surface area (Å²) in [7, 11) is 0. The van der Waals surface area contributed by atoms with Gasteiger partial charge < -0.3 is 10.5 Å². The summed E-state index contributed by atoms with van der Waals surface area (Å²) < 4.78 is 7.66. The number of anilines is 1. The van der Waals surface area contributed by atoms with Crippen LogP contribution in [0, 0.1) is 5.92 Å². The number of hydrogen-bond acceptors (Lipinski definition) is 4. The van der Waals surface area contributed by atoms with Gasteiger partial charge in [0.05, 0.1) is 12.3 Å². The Bertz CT molecular complexity index is 575. The zero-order chi connectivity index (χ0) is 13.2. The van der Waals surface area contributed by atoms with Gasteiger partial charge in [0.15, 0.2) is 0 Å². The van der Waals surface area contributed by atoms with Crippen LogP contribution in [0.2, 0.25) is 0 Å². The van der Waals surface area contributed by atoms with Crippen LogP contribution in [-0.2, 0) is 6.42 Å². The van der Waals surface area contributed by atoms with Crippen molar-refractivity contribution >= 4 is 5.69 Å². The van der Waals surface area contributed by atoms with Crippen molar-refractivity contribution in [3.8, 4) is 11.7 Å². The third-order valence-corrected chi connectivity index (χ3v) is 3.31. The van der Waals surface area contributed by atoms with E-state index in [9.17, 15) is 0 Å². The lowest BCUT2D eigenvalue weighted by molar-refractivity contribution is 0.290. The van der Waals surface area contributed by atoms with Crippen LogP contribution in [0.15, 0.2) is 24.5 Å². The smallest absolute Gasteiger partial charge is 0.239 e. The van der Waals surface area contributed by atoms with Gasteiger partial charge in [-0.05, 0) is 30.9 Å². The van der Waals surface area contributed by atoms with E-state index in [2.05, 4.69) is 16.9 Å². The van der Waals surface area contributed by atoms with Crippen molar-refractivity contribution in [1.29, 1.82) is 0 Å². The maximum Gasteiger partial charge on any atom is 0.239 e. The van der Waals surface area contributed by atoms with Crippen molar-refractivity contribution in [2.24, 2.45) is 5.92 Å². The SMILES string of the molecule is CCc1nccn1-c1ccc(N)c(OCC2CC2)n1. The lowest BCUT2D eigenvalue weighted by Gasteiger charge is -2.10. The van der Waals surface area contributed by atoms with E-state index in [4.69, 9.17) is 10.5 Å². The Balaban J connectivity index is 1.87. The molecule has 2 aromatic rings. The van der Waals surface area contributed by atoms with E-state index in [-0.39, 0.29) is 0 Å². The Morgan fingerprint density at radius 3 is 3.00 bits per heavy atom. The molecule has 5 nitrogen and oxygen atoms in total. The molecule has 0 aromatic carbocycles. The van der Waals surface area contributed by atoms with Crippen LogP contribution >= 0.6 is 0 Å². The minimum Gasteiger partial charge on any atom is -0.476 e. The van der Waals surface area contributed by atoms with E-state index in [0.29, 0.717) is 24.1 Å². The fraction of sp³-hybridized carbons (Fsp3) is 0.429. The fourth-order valence-corrected chi connectivity index (χ4v) is 1.98. The Labute approximate surface area is 112 Å². The Kier molecular flexibility index (Phi) is 3.11. The molecule has 100 valence electrons. The number of imidazole rings is 1. The summed E-state index contributed by atoms with van der Waals surface area (Å²) in [5.41, 5.74) is 6.49. The van der Waals surface area contributed by atoms with E-state index in [1.807, 2.05) is 22.9 Å². The second-order valence-electron chi connectivity index (χ2n) is 4.89. The second-order valence-corrected chi connectivity index (χ2v) is 4.89. The number of nitrogen functional groups attached to an aromatic ring is 1. The molecular formula is C14H18N4O. The number of pyridine rings is 1. The average molecular weight is 258 g/mol. The molecule has 1 aliphatic carbocycles. The first kappa shape index (κ1) is 12.0. The van der Waals surface area contributed by atoms with Gasteiger partial charge in [-0.3, -0.25) is 4.57 Å². The first-order chi connectivity index (χ1) is 9.28. The zero-order valence-corrected chi connectivity index (χ0v) is 11.0. The predicted octanol–water partition coefficient (Wildman–Crippen LogP) is 2.20. The first-order valence-electron chi connectivity index (χ1n) is 6.70. The fourth-order valence-electron chi connectivity index (χ4n) is 1.98. The summed E-state index contributed by atoms with van der Waals surface area (Å²) in [4.78, 5) is 8.80. The summed E-state index contributed by atoms with van der Waals surface area (Å²) in [5, 5.41) is 0. The molecule has 2 N–H and O–H groups in total. The van der Waals surface area contributed by atoms with Crippen LogP contribution in [0.4, 0.5) is 5.69 Å². The maximum absolute atomic E-state index is 5.91. The van der Waals surface area contributed by atoms with E-state index in [1.54, 1.807) is 6.20 Å².